The van der Waals surface area contributed by atoms with Gasteiger partial charge in [-0.2, -0.15) is 0 Å². The highest BCUT2D eigenvalue weighted by Gasteiger charge is 2.56. The average molecular weight is 412 g/mol. The number of carbonyl (C=O) groups excluding carboxylic acids is 3. The number of anilines is 1. The number of carbonyl (C=O) groups is 3. The van der Waals surface area contributed by atoms with Crippen LogP contribution in [0.4, 0.5) is 10.5 Å². The van der Waals surface area contributed by atoms with Gasteiger partial charge in [0.15, 0.2) is 0 Å². The van der Waals surface area contributed by atoms with E-state index < -0.39 is 17.5 Å². The Morgan fingerprint density at radius 1 is 1.22 bits per heavy atom. The molecule has 1 aliphatic carbocycles. The number of urea groups is 1. The van der Waals surface area contributed by atoms with Crippen molar-refractivity contribution in [1.82, 2.24) is 10.2 Å². The maximum absolute atomic E-state index is 13.0. The van der Waals surface area contributed by atoms with Gasteiger partial charge in [0.1, 0.15) is 12.1 Å². The van der Waals surface area contributed by atoms with Gasteiger partial charge in [-0.3, -0.25) is 14.5 Å². The van der Waals surface area contributed by atoms with E-state index in [1.54, 1.807) is 18.2 Å². The second-order valence-corrected chi connectivity index (χ2v) is 9.34. The molecule has 2 aliphatic rings. The van der Waals surface area contributed by atoms with E-state index in [9.17, 15) is 14.4 Å². The maximum atomic E-state index is 13.0. The topological polar surface area (TPSA) is 78.5 Å². The lowest BCUT2D eigenvalue weighted by Gasteiger charge is -2.43. The Hall–Kier alpha value is -1.79. The number of nitrogens with one attached hydrogen (secondary N) is 2. The molecule has 1 heterocycles. The van der Waals surface area contributed by atoms with Crippen molar-refractivity contribution in [3.05, 3.63) is 28.2 Å². The highest BCUT2D eigenvalue weighted by molar-refractivity contribution is 6.35. The lowest BCUT2D eigenvalue weighted by atomic mass is 9.64. The third-order valence-corrected chi connectivity index (χ3v) is 5.51. The molecule has 2 atom stereocenters. The number of nitrogens with zero attached hydrogens (tertiary/aromatic N) is 1. The minimum atomic E-state index is -0.919. The smallest absolute Gasteiger partial charge is 0.324 e. The third-order valence-electron chi connectivity index (χ3n) is 5.07. The molecule has 0 aromatic heterocycles. The first-order chi connectivity index (χ1) is 12.5. The zero-order valence-corrected chi connectivity index (χ0v) is 17.1. The highest BCUT2D eigenvalue weighted by Crippen LogP contribution is 2.46. The minimum Gasteiger partial charge on any atom is -0.324 e. The van der Waals surface area contributed by atoms with Crippen LogP contribution in [0.15, 0.2) is 18.2 Å². The van der Waals surface area contributed by atoms with Crippen molar-refractivity contribution < 1.29 is 14.4 Å². The molecule has 1 spiro atoms. The van der Waals surface area contributed by atoms with Crippen LogP contribution < -0.4 is 10.6 Å². The van der Waals surface area contributed by atoms with Crippen molar-refractivity contribution in [3.63, 3.8) is 0 Å². The molecule has 1 aliphatic heterocycles. The molecule has 6 nitrogen and oxygen atoms in total. The molecule has 1 aromatic carbocycles. The second-order valence-electron chi connectivity index (χ2n) is 8.46. The predicted octanol–water partition coefficient (Wildman–Crippen LogP) is 4.07. The van der Waals surface area contributed by atoms with Crippen LogP contribution in [-0.4, -0.2) is 34.8 Å². The van der Waals surface area contributed by atoms with E-state index in [1.165, 1.54) is 0 Å². The Balaban J connectivity index is 1.73. The van der Waals surface area contributed by atoms with Gasteiger partial charge in [-0.25, -0.2) is 4.79 Å². The first-order valence-corrected chi connectivity index (χ1v) is 9.65. The first kappa shape index (κ1) is 20.0. The lowest BCUT2D eigenvalue weighted by molar-refractivity contribution is -0.136. The van der Waals surface area contributed by atoms with Gasteiger partial charge in [0, 0.05) is 15.7 Å². The van der Waals surface area contributed by atoms with E-state index in [0.717, 1.165) is 11.3 Å². The Labute approximate surface area is 168 Å². The normalized spacial score (nSPS) is 27.0. The number of imide groups is 1. The molecular weight excluding hydrogens is 389 g/mol. The number of amides is 4. The number of benzene rings is 1. The lowest BCUT2D eigenvalue weighted by Crippen LogP contribution is -2.54. The molecule has 0 unspecified atom stereocenters. The summed E-state index contributed by atoms with van der Waals surface area (Å²) in [6, 6.07) is 4.12. The van der Waals surface area contributed by atoms with Gasteiger partial charge < -0.3 is 10.6 Å². The summed E-state index contributed by atoms with van der Waals surface area (Å²) in [4.78, 5) is 38.9. The monoisotopic (exact) mass is 411 g/mol. The first-order valence-electron chi connectivity index (χ1n) is 8.90. The SMILES string of the molecule is C[C@@H]1CC(C)(C)C[C@]2(C1)NC(=O)N(CC(=O)Nc1cc(Cl)cc(Cl)c1)C2=O. The van der Waals surface area contributed by atoms with Crippen LogP contribution in [-0.2, 0) is 9.59 Å². The Bertz CT molecular complexity index is 791. The second kappa shape index (κ2) is 6.99. The number of hydrogen-bond donors (Lipinski definition) is 2. The third kappa shape index (κ3) is 4.22. The molecule has 1 aromatic rings. The van der Waals surface area contributed by atoms with E-state index >= 15 is 0 Å². The van der Waals surface area contributed by atoms with Crippen LogP contribution in [0.3, 0.4) is 0 Å². The van der Waals surface area contributed by atoms with E-state index in [0.29, 0.717) is 34.5 Å². The van der Waals surface area contributed by atoms with Crippen molar-refractivity contribution in [3.8, 4) is 0 Å². The highest BCUT2D eigenvalue weighted by atomic mass is 35.5. The summed E-state index contributed by atoms with van der Waals surface area (Å²) >= 11 is 11.8. The zero-order chi connectivity index (χ0) is 20.0. The number of rotatable bonds is 3. The Morgan fingerprint density at radius 2 is 1.85 bits per heavy atom. The van der Waals surface area contributed by atoms with Gasteiger partial charge in [0.2, 0.25) is 5.91 Å². The molecule has 1 saturated carbocycles. The van der Waals surface area contributed by atoms with Crippen molar-refractivity contribution in [1.29, 1.82) is 0 Å². The summed E-state index contributed by atoms with van der Waals surface area (Å²) < 4.78 is 0. The van der Waals surface area contributed by atoms with Gasteiger partial charge in [0.05, 0.1) is 0 Å². The zero-order valence-electron chi connectivity index (χ0n) is 15.6. The molecule has 4 amide bonds. The molecule has 27 heavy (non-hydrogen) atoms. The standard InChI is InChI=1S/C19H23Cl2N3O3/c1-11-7-18(2,3)10-19(8-11)16(26)24(17(27)23-19)9-15(25)22-14-5-12(20)4-13(21)6-14/h4-6,11H,7-10H2,1-3H3,(H,22,25)(H,23,27)/t11-,19+/m1/s1. The van der Waals surface area contributed by atoms with Gasteiger partial charge >= 0.3 is 6.03 Å². The molecule has 8 heteroatoms. The van der Waals surface area contributed by atoms with Crippen molar-refractivity contribution >= 4 is 46.7 Å². The van der Waals surface area contributed by atoms with E-state index in [2.05, 4.69) is 31.4 Å². The summed E-state index contributed by atoms with van der Waals surface area (Å²) in [7, 11) is 0. The van der Waals surface area contributed by atoms with Crippen LogP contribution in [0, 0.1) is 11.3 Å². The van der Waals surface area contributed by atoms with E-state index in [4.69, 9.17) is 23.2 Å². The quantitative estimate of drug-likeness (QED) is 0.735. The average Bonchev–Trinajstić information content (AvgIpc) is 2.67. The molecule has 0 bridgehead atoms. The summed E-state index contributed by atoms with van der Waals surface area (Å²) in [5, 5.41) is 6.24. The van der Waals surface area contributed by atoms with Gasteiger partial charge in [-0.05, 0) is 48.8 Å². The summed E-state index contributed by atoms with van der Waals surface area (Å²) in [6.07, 6.45) is 2.15. The fourth-order valence-electron chi connectivity index (χ4n) is 4.62. The van der Waals surface area contributed by atoms with Crippen LogP contribution in [0.2, 0.25) is 10.0 Å². The Kier molecular flexibility index (Phi) is 5.16. The van der Waals surface area contributed by atoms with E-state index in [1.807, 2.05) is 0 Å². The minimum absolute atomic E-state index is 0.0591. The van der Waals surface area contributed by atoms with Crippen molar-refractivity contribution in [2.24, 2.45) is 11.3 Å². The summed E-state index contributed by atoms with van der Waals surface area (Å²) in [5.74, 6) is -0.510. The fraction of sp³-hybridized carbons (Fsp3) is 0.526. The van der Waals surface area contributed by atoms with Crippen molar-refractivity contribution in [2.75, 3.05) is 11.9 Å². The largest absolute Gasteiger partial charge is 0.325 e. The van der Waals surface area contributed by atoms with Crippen LogP contribution in [0.1, 0.15) is 40.0 Å². The maximum Gasteiger partial charge on any atom is 0.325 e. The van der Waals surface area contributed by atoms with E-state index in [-0.39, 0.29) is 17.9 Å². The Morgan fingerprint density at radius 3 is 2.44 bits per heavy atom. The molecule has 146 valence electrons. The van der Waals surface area contributed by atoms with Gasteiger partial charge in [-0.1, -0.05) is 44.0 Å². The molecule has 0 radical (unpaired) electrons. The van der Waals surface area contributed by atoms with Gasteiger partial charge in [-0.15, -0.1) is 0 Å². The molecule has 2 N–H and O–H groups in total. The summed E-state index contributed by atoms with van der Waals surface area (Å²) in [6.45, 7) is 5.93. The van der Waals surface area contributed by atoms with Gasteiger partial charge in [0.25, 0.3) is 5.91 Å². The van der Waals surface area contributed by atoms with Crippen LogP contribution >= 0.6 is 23.2 Å². The molecule has 1 saturated heterocycles. The van der Waals surface area contributed by atoms with Crippen LogP contribution in [0.25, 0.3) is 0 Å². The van der Waals surface area contributed by atoms with Crippen LogP contribution in [0.5, 0.6) is 0 Å². The molecule has 2 fully saturated rings. The fourth-order valence-corrected chi connectivity index (χ4v) is 5.15. The van der Waals surface area contributed by atoms with Crippen molar-refractivity contribution in [2.45, 2.75) is 45.6 Å². The predicted molar refractivity (Wildman–Crippen MR) is 105 cm³/mol. The molecular formula is C19H23Cl2N3O3. The molecule has 3 rings (SSSR count). The summed E-state index contributed by atoms with van der Waals surface area (Å²) in [5.41, 5.74) is -0.569. The number of halogens is 2. The number of hydrogen-bond acceptors (Lipinski definition) is 3.